The van der Waals surface area contributed by atoms with Gasteiger partial charge in [0.05, 0.1) is 13.1 Å². The Balaban J connectivity index is 0.00000338. The van der Waals surface area contributed by atoms with Gasteiger partial charge in [-0.15, -0.1) is 24.0 Å². The number of hydrogen-bond donors (Lipinski definition) is 2. The third-order valence-corrected chi connectivity index (χ3v) is 3.78. The summed E-state index contributed by atoms with van der Waals surface area (Å²) in [7, 11) is 3.65. The summed E-state index contributed by atoms with van der Waals surface area (Å²) in [5.74, 6) is -0.894. The number of hydrogen-bond acceptors (Lipinski definition) is 2. The van der Waals surface area contributed by atoms with E-state index >= 15 is 0 Å². The van der Waals surface area contributed by atoms with Crippen LogP contribution in [0.1, 0.15) is 18.1 Å². The van der Waals surface area contributed by atoms with Crippen LogP contribution >= 0.6 is 24.0 Å². The third kappa shape index (κ3) is 6.21. The minimum Gasteiger partial charge on any atom is -0.383 e. The minimum atomic E-state index is -1.51. The Labute approximate surface area is 170 Å². The second kappa shape index (κ2) is 9.82. The maximum absolute atomic E-state index is 13.9. The van der Waals surface area contributed by atoms with Crippen molar-refractivity contribution in [2.75, 3.05) is 20.6 Å². The van der Waals surface area contributed by atoms with Gasteiger partial charge in [0, 0.05) is 25.7 Å². The highest BCUT2D eigenvalue weighted by Crippen LogP contribution is 2.23. The lowest BCUT2D eigenvalue weighted by Crippen LogP contribution is -2.44. The quantitative estimate of drug-likeness (QED) is 0.396. The molecule has 0 fully saturated rings. The molecule has 0 saturated heterocycles. The maximum Gasteiger partial charge on any atom is 0.193 e. The van der Waals surface area contributed by atoms with E-state index in [1.165, 1.54) is 13.0 Å². The van der Waals surface area contributed by atoms with Gasteiger partial charge in [-0.2, -0.15) is 0 Å². The highest BCUT2D eigenvalue weighted by Gasteiger charge is 2.27. The summed E-state index contributed by atoms with van der Waals surface area (Å²) >= 11 is 0. The van der Waals surface area contributed by atoms with Crippen LogP contribution in [0.15, 0.2) is 53.5 Å². The summed E-state index contributed by atoms with van der Waals surface area (Å²) < 4.78 is 27.0. The van der Waals surface area contributed by atoms with Crippen LogP contribution < -0.4 is 5.32 Å². The molecular weight excluding hydrogens is 451 g/mol. The summed E-state index contributed by atoms with van der Waals surface area (Å²) in [6, 6.07) is 12.9. The second-order valence-electron chi connectivity index (χ2n) is 6.27. The van der Waals surface area contributed by atoms with E-state index in [9.17, 15) is 13.9 Å². The van der Waals surface area contributed by atoms with E-state index in [-0.39, 0.29) is 36.1 Å². The molecule has 2 N–H and O–H groups in total. The zero-order chi connectivity index (χ0) is 18.4. The van der Waals surface area contributed by atoms with Gasteiger partial charge < -0.3 is 15.3 Å². The molecule has 0 aliphatic rings. The molecule has 26 heavy (non-hydrogen) atoms. The van der Waals surface area contributed by atoms with Crippen LogP contribution in [-0.2, 0) is 12.1 Å². The van der Waals surface area contributed by atoms with Crippen molar-refractivity contribution in [3.05, 3.63) is 71.3 Å². The molecule has 7 heteroatoms. The monoisotopic (exact) mass is 475 g/mol. The van der Waals surface area contributed by atoms with Crippen LogP contribution in [0, 0.1) is 11.6 Å². The Bertz CT molecular complexity index is 737. The van der Waals surface area contributed by atoms with Crippen molar-refractivity contribution in [3.8, 4) is 0 Å². The molecule has 0 saturated carbocycles. The molecule has 1 atom stereocenters. The van der Waals surface area contributed by atoms with Gasteiger partial charge in [-0.05, 0) is 18.6 Å². The van der Waals surface area contributed by atoms with Gasteiger partial charge in [0.25, 0.3) is 0 Å². The molecule has 0 spiro atoms. The first kappa shape index (κ1) is 22.3. The van der Waals surface area contributed by atoms with Crippen molar-refractivity contribution in [3.63, 3.8) is 0 Å². The van der Waals surface area contributed by atoms with E-state index < -0.39 is 17.2 Å². The van der Waals surface area contributed by atoms with E-state index in [2.05, 4.69) is 10.3 Å². The predicted molar refractivity (Wildman–Crippen MR) is 111 cm³/mol. The lowest BCUT2D eigenvalue weighted by atomic mass is 9.95. The van der Waals surface area contributed by atoms with Crippen molar-refractivity contribution in [2.24, 2.45) is 4.99 Å². The van der Waals surface area contributed by atoms with Gasteiger partial charge >= 0.3 is 0 Å². The summed E-state index contributed by atoms with van der Waals surface area (Å²) in [6.07, 6.45) is 0. The Morgan fingerprint density at radius 3 is 2.38 bits per heavy atom. The van der Waals surface area contributed by atoms with Crippen molar-refractivity contribution in [1.29, 1.82) is 0 Å². The van der Waals surface area contributed by atoms with E-state index in [0.29, 0.717) is 12.5 Å². The van der Waals surface area contributed by atoms with Gasteiger partial charge in [0.15, 0.2) is 5.96 Å². The number of aliphatic hydroxyl groups is 1. The topological polar surface area (TPSA) is 47.9 Å². The Morgan fingerprint density at radius 1 is 1.15 bits per heavy atom. The molecule has 0 heterocycles. The Hall–Kier alpha value is -1.74. The molecule has 0 aromatic heterocycles. The largest absolute Gasteiger partial charge is 0.383 e. The second-order valence-corrected chi connectivity index (χ2v) is 6.27. The Morgan fingerprint density at radius 2 is 1.81 bits per heavy atom. The third-order valence-electron chi connectivity index (χ3n) is 3.78. The number of benzene rings is 2. The van der Waals surface area contributed by atoms with Crippen molar-refractivity contribution < 1.29 is 13.9 Å². The molecule has 0 bridgehead atoms. The highest BCUT2D eigenvalue weighted by molar-refractivity contribution is 14.0. The smallest absolute Gasteiger partial charge is 0.193 e. The van der Waals surface area contributed by atoms with Crippen LogP contribution in [0.5, 0.6) is 0 Å². The zero-order valence-electron chi connectivity index (χ0n) is 15.0. The molecule has 4 nitrogen and oxygen atoms in total. The number of aliphatic imine (C=N–C) groups is 1. The van der Waals surface area contributed by atoms with Gasteiger partial charge in [-0.1, -0.05) is 36.4 Å². The molecule has 2 aromatic rings. The first-order valence-corrected chi connectivity index (χ1v) is 7.97. The molecule has 0 radical (unpaired) electrons. The zero-order valence-corrected chi connectivity index (χ0v) is 17.4. The van der Waals surface area contributed by atoms with Crippen LogP contribution in [0.4, 0.5) is 8.78 Å². The summed E-state index contributed by atoms with van der Waals surface area (Å²) in [5.41, 5.74) is -0.427. The molecule has 0 aliphatic carbocycles. The average Bonchev–Trinajstić information content (AvgIpc) is 2.55. The predicted octanol–water partition coefficient (Wildman–Crippen LogP) is 3.50. The molecule has 0 aliphatic heterocycles. The molecule has 2 rings (SSSR count). The number of nitrogens with zero attached hydrogens (tertiary/aromatic N) is 2. The van der Waals surface area contributed by atoms with Gasteiger partial charge in [0.2, 0.25) is 0 Å². The summed E-state index contributed by atoms with van der Waals surface area (Å²) in [6.45, 7) is 1.98. The van der Waals surface area contributed by atoms with Crippen LogP contribution in [-0.4, -0.2) is 36.6 Å². The van der Waals surface area contributed by atoms with E-state index in [1.54, 1.807) is 4.90 Å². The number of guanidine groups is 1. The van der Waals surface area contributed by atoms with E-state index in [4.69, 9.17) is 0 Å². The first-order chi connectivity index (χ1) is 11.8. The SMILES string of the molecule is CN(C)C(=NCc1ccccc1)NCC(C)(O)c1ccc(F)cc1F.I. The molecular formula is C19H24F2IN3O. The number of nitrogens with one attached hydrogen (secondary N) is 1. The molecule has 2 aromatic carbocycles. The number of rotatable bonds is 5. The van der Waals surface area contributed by atoms with E-state index in [1.807, 2.05) is 44.4 Å². The number of halogens is 3. The lowest BCUT2D eigenvalue weighted by Gasteiger charge is -2.27. The Kier molecular flexibility index (Phi) is 8.42. The molecule has 0 amide bonds. The first-order valence-electron chi connectivity index (χ1n) is 7.97. The van der Waals surface area contributed by atoms with Crippen LogP contribution in [0.2, 0.25) is 0 Å². The minimum absolute atomic E-state index is 0. The molecule has 142 valence electrons. The maximum atomic E-state index is 13.9. The standard InChI is InChI=1S/C19H23F2N3O.HI/c1-19(25,16-10-9-15(20)11-17(16)21)13-23-18(24(2)3)22-12-14-7-5-4-6-8-14;/h4-11,25H,12-13H2,1-3H3,(H,22,23);1H. The van der Waals surface area contributed by atoms with Crippen molar-refractivity contribution in [2.45, 2.75) is 19.1 Å². The van der Waals surface area contributed by atoms with Gasteiger partial charge in [-0.25, -0.2) is 13.8 Å². The summed E-state index contributed by atoms with van der Waals surface area (Å²) in [5, 5.41) is 13.6. The fourth-order valence-electron chi connectivity index (χ4n) is 2.38. The van der Waals surface area contributed by atoms with Crippen molar-refractivity contribution in [1.82, 2.24) is 10.2 Å². The normalized spacial score (nSPS) is 13.5. The fourth-order valence-corrected chi connectivity index (χ4v) is 2.38. The fraction of sp³-hybridized carbons (Fsp3) is 0.316. The van der Waals surface area contributed by atoms with Gasteiger partial charge in [0.1, 0.15) is 17.2 Å². The van der Waals surface area contributed by atoms with E-state index in [0.717, 1.165) is 17.7 Å². The lowest BCUT2D eigenvalue weighted by molar-refractivity contribution is 0.0573. The highest BCUT2D eigenvalue weighted by atomic mass is 127. The van der Waals surface area contributed by atoms with Gasteiger partial charge in [-0.3, -0.25) is 0 Å². The van der Waals surface area contributed by atoms with Crippen LogP contribution in [0.25, 0.3) is 0 Å². The van der Waals surface area contributed by atoms with Crippen LogP contribution in [0.3, 0.4) is 0 Å². The summed E-state index contributed by atoms with van der Waals surface area (Å²) in [4.78, 5) is 6.27. The molecule has 1 unspecified atom stereocenters. The van der Waals surface area contributed by atoms with Crippen molar-refractivity contribution >= 4 is 29.9 Å². The average molecular weight is 475 g/mol.